The first kappa shape index (κ1) is 43.3. The highest BCUT2D eigenvalue weighted by Gasteiger charge is 2.44. The molecule has 13 heteroatoms. The summed E-state index contributed by atoms with van der Waals surface area (Å²) in [6, 6.07) is 8.25. The van der Waals surface area contributed by atoms with Gasteiger partial charge in [-0.3, -0.25) is 19.2 Å². The number of carbonyl (C=O) groups excluding carboxylic acids is 4. The molecule has 4 rings (SSSR count). The molecule has 4 N–H and O–H groups in total. The predicted molar refractivity (Wildman–Crippen MR) is 211 cm³/mol. The van der Waals surface area contributed by atoms with Crippen molar-refractivity contribution < 1.29 is 28.7 Å². The minimum atomic E-state index is -1.15. The molecule has 0 bridgehead atoms. The summed E-state index contributed by atoms with van der Waals surface area (Å²) in [5.74, 6) is -1.49. The monoisotopic (exact) mass is 768 g/mol. The van der Waals surface area contributed by atoms with Crippen LogP contribution in [0.5, 0.6) is 0 Å². The van der Waals surface area contributed by atoms with Gasteiger partial charge in [0, 0.05) is 39.4 Å². The van der Waals surface area contributed by atoms with Crippen LogP contribution in [0.1, 0.15) is 103 Å². The fourth-order valence-electron chi connectivity index (χ4n) is 8.23. The summed E-state index contributed by atoms with van der Waals surface area (Å²) in [5.41, 5.74) is 6.03. The molecule has 7 atom stereocenters. The van der Waals surface area contributed by atoms with Crippen LogP contribution in [0.15, 0.2) is 41.9 Å². The summed E-state index contributed by atoms with van der Waals surface area (Å²) in [4.78, 5) is 63.5. The van der Waals surface area contributed by atoms with Crippen LogP contribution in [0.2, 0.25) is 0 Å². The molecule has 1 aliphatic carbocycles. The zero-order chi connectivity index (χ0) is 39.6. The average molecular weight is 769 g/mol. The van der Waals surface area contributed by atoms with Crippen molar-refractivity contribution in [3.8, 4) is 0 Å². The zero-order valence-electron chi connectivity index (χ0n) is 33.6. The summed E-state index contributed by atoms with van der Waals surface area (Å²) in [6.07, 6.45) is 7.84. The lowest BCUT2D eigenvalue weighted by molar-refractivity contribution is -0.148. The third-order valence-electron chi connectivity index (χ3n) is 11.3. The van der Waals surface area contributed by atoms with Crippen LogP contribution in [0, 0.1) is 17.8 Å². The van der Waals surface area contributed by atoms with E-state index in [2.05, 4.69) is 15.6 Å². The summed E-state index contributed by atoms with van der Waals surface area (Å²) in [6.45, 7) is 9.43. The van der Waals surface area contributed by atoms with E-state index in [0.29, 0.717) is 19.4 Å². The third kappa shape index (κ3) is 11.1. The summed E-state index contributed by atoms with van der Waals surface area (Å²) < 4.78 is 12.2. The Labute approximate surface area is 326 Å². The largest absolute Gasteiger partial charge is 0.379 e. The second kappa shape index (κ2) is 20.0. The Morgan fingerprint density at radius 3 is 2.26 bits per heavy atom. The Balaban J connectivity index is 1.51. The number of hydrogen-bond donors (Lipinski definition) is 3. The maximum atomic E-state index is 14.4. The minimum absolute atomic E-state index is 0.0700. The van der Waals surface area contributed by atoms with E-state index in [1.54, 1.807) is 46.2 Å². The van der Waals surface area contributed by atoms with E-state index < -0.39 is 35.6 Å². The van der Waals surface area contributed by atoms with E-state index in [1.165, 1.54) is 11.3 Å². The lowest BCUT2D eigenvalue weighted by Crippen LogP contribution is -2.61. The number of thiazole rings is 1. The number of nitrogens with two attached hydrogens (primary N) is 1. The number of likely N-dealkylation sites (tertiary alicyclic amines) is 1. The maximum absolute atomic E-state index is 14.4. The summed E-state index contributed by atoms with van der Waals surface area (Å²) in [7, 11) is 4.97. The number of likely N-dealkylation sites (N-methyl/N-ethyl adjacent to an activating group) is 1. The standard InChI is InChI=1S/C41H64N6O6S/c1-26(2)34(45-40(51)41(4,5)42)39(50)46(6)35(29-18-13-10-14-19-29)32(52-7)25-33(48)47-22-15-20-31(47)36(53-8)27(3)37(49)44-30(38-43-21-23-54-38)24-28-16-11-9-12-17-28/h9,11-12,16-17,21,23,26-27,29-32,34-36H,10,13-15,18-20,22,24-25,42H2,1-8H3,(H,44,49)(H,45,51)/t27-,30+,31+,32+,34+,35+,36-/m1/s1. The lowest BCUT2D eigenvalue weighted by atomic mass is 9.80. The molecule has 1 aromatic carbocycles. The summed E-state index contributed by atoms with van der Waals surface area (Å²) in [5, 5.41) is 8.87. The number of amides is 4. The third-order valence-corrected chi connectivity index (χ3v) is 12.2. The first-order chi connectivity index (χ1) is 25.7. The van der Waals surface area contributed by atoms with Crippen molar-refractivity contribution in [1.82, 2.24) is 25.4 Å². The summed E-state index contributed by atoms with van der Waals surface area (Å²) >= 11 is 1.51. The van der Waals surface area contributed by atoms with Gasteiger partial charge < -0.3 is 35.6 Å². The van der Waals surface area contributed by atoms with Crippen molar-refractivity contribution >= 4 is 35.0 Å². The highest BCUT2D eigenvalue weighted by Crippen LogP contribution is 2.34. The van der Waals surface area contributed by atoms with Crippen molar-refractivity contribution in [2.75, 3.05) is 27.8 Å². The number of carbonyl (C=O) groups is 4. The number of rotatable bonds is 18. The molecular weight excluding hydrogens is 705 g/mol. The smallest absolute Gasteiger partial charge is 0.245 e. The van der Waals surface area contributed by atoms with Crippen molar-refractivity contribution in [3.63, 3.8) is 0 Å². The Bertz CT molecular complexity index is 1490. The van der Waals surface area contributed by atoms with Gasteiger partial charge in [-0.1, -0.05) is 70.4 Å². The van der Waals surface area contributed by atoms with Crippen LogP contribution in [0.25, 0.3) is 0 Å². The highest BCUT2D eigenvalue weighted by atomic mass is 32.1. The Kier molecular flexibility index (Phi) is 16.0. The molecule has 0 unspecified atom stereocenters. The van der Waals surface area contributed by atoms with Gasteiger partial charge in [0.25, 0.3) is 0 Å². The zero-order valence-corrected chi connectivity index (χ0v) is 34.4. The van der Waals surface area contributed by atoms with Gasteiger partial charge in [0.15, 0.2) is 0 Å². The van der Waals surface area contributed by atoms with E-state index in [-0.39, 0.29) is 54.1 Å². The molecule has 54 heavy (non-hydrogen) atoms. The first-order valence-corrected chi connectivity index (χ1v) is 20.5. The van der Waals surface area contributed by atoms with Gasteiger partial charge in [0.1, 0.15) is 11.0 Å². The van der Waals surface area contributed by atoms with Gasteiger partial charge in [0.05, 0.1) is 48.2 Å². The molecule has 1 saturated carbocycles. The predicted octanol–water partition coefficient (Wildman–Crippen LogP) is 4.88. The fraction of sp³-hybridized carbons (Fsp3) is 0.683. The van der Waals surface area contributed by atoms with Gasteiger partial charge >= 0.3 is 0 Å². The van der Waals surface area contributed by atoms with Gasteiger partial charge in [-0.15, -0.1) is 11.3 Å². The van der Waals surface area contributed by atoms with Gasteiger partial charge in [-0.2, -0.15) is 0 Å². The number of ether oxygens (including phenoxy) is 2. The van der Waals surface area contributed by atoms with Crippen LogP contribution in [-0.4, -0.2) is 102 Å². The van der Waals surface area contributed by atoms with Crippen molar-refractivity contribution in [2.24, 2.45) is 23.5 Å². The van der Waals surface area contributed by atoms with Gasteiger partial charge in [-0.05, 0) is 63.4 Å². The van der Waals surface area contributed by atoms with Crippen LogP contribution >= 0.6 is 11.3 Å². The van der Waals surface area contributed by atoms with E-state index >= 15 is 0 Å². The Hall–Kier alpha value is -3.39. The molecule has 1 aliphatic heterocycles. The van der Waals surface area contributed by atoms with Crippen LogP contribution in [0.4, 0.5) is 0 Å². The molecule has 2 heterocycles. The molecule has 2 fully saturated rings. The number of benzene rings is 1. The molecule has 2 aliphatic rings. The van der Waals surface area contributed by atoms with E-state index in [9.17, 15) is 19.2 Å². The number of hydrogen-bond acceptors (Lipinski definition) is 9. The van der Waals surface area contributed by atoms with Gasteiger partial charge in [0.2, 0.25) is 23.6 Å². The SMILES string of the molecule is CO[C@H]([C@@H](C)C(=O)N[C@@H](Cc1ccccc1)c1nccs1)[C@@H]1CCCN1C(=O)C[C@H](OC)[C@H](C1CCCCC1)N(C)C(=O)[C@@H](NC(=O)C(C)(C)N)C(C)C. The van der Waals surface area contributed by atoms with Crippen LogP contribution in [0.3, 0.4) is 0 Å². The number of aromatic nitrogens is 1. The van der Waals surface area contributed by atoms with E-state index in [0.717, 1.165) is 49.1 Å². The highest BCUT2D eigenvalue weighted by molar-refractivity contribution is 7.09. The number of methoxy groups -OCH3 is 2. The second-order valence-corrected chi connectivity index (χ2v) is 17.1. The van der Waals surface area contributed by atoms with Gasteiger partial charge in [-0.25, -0.2) is 4.98 Å². The molecule has 0 radical (unpaired) electrons. The average Bonchev–Trinajstić information content (AvgIpc) is 3.87. The van der Waals surface area contributed by atoms with E-state index in [4.69, 9.17) is 15.2 Å². The molecule has 1 saturated heterocycles. The van der Waals surface area contributed by atoms with E-state index in [1.807, 2.05) is 61.4 Å². The minimum Gasteiger partial charge on any atom is -0.379 e. The fourth-order valence-corrected chi connectivity index (χ4v) is 8.92. The molecular formula is C41H64N6O6S. The topological polar surface area (TPSA) is 156 Å². The molecule has 4 amide bonds. The second-order valence-electron chi connectivity index (χ2n) is 16.1. The van der Waals surface area contributed by atoms with Crippen molar-refractivity contribution in [1.29, 1.82) is 0 Å². The van der Waals surface area contributed by atoms with Crippen LogP contribution in [-0.2, 0) is 35.1 Å². The quantitative estimate of drug-likeness (QED) is 0.194. The molecule has 12 nitrogen and oxygen atoms in total. The Morgan fingerprint density at radius 1 is 1.00 bits per heavy atom. The van der Waals surface area contributed by atoms with Crippen molar-refractivity contribution in [2.45, 2.75) is 134 Å². The normalized spacial score (nSPS) is 20.1. The molecule has 1 aromatic heterocycles. The number of nitrogens with zero attached hydrogens (tertiary/aromatic N) is 3. The molecule has 300 valence electrons. The lowest BCUT2D eigenvalue weighted by Gasteiger charge is -2.43. The molecule has 2 aromatic rings. The van der Waals surface area contributed by atoms with Crippen LogP contribution < -0.4 is 16.4 Å². The molecule has 0 spiro atoms. The van der Waals surface area contributed by atoms with Crippen molar-refractivity contribution in [3.05, 3.63) is 52.5 Å². The maximum Gasteiger partial charge on any atom is 0.245 e. The number of nitrogens with one attached hydrogen (secondary N) is 2. The first-order valence-electron chi connectivity index (χ1n) is 19.6. The Morgan fingerprint density at radius 2 is 1.69 bits per heavy atom.